The third-order valence-electron chi connectivity index (χ3n) is 3.08. The molecule has 2 unspecified atom stereocenters. The Labute approximate surface area is 88.0 Å². The number of hydrogen-bond acceptors (Lipinski definition) is 3. The van der Waals surface area contributed by atoms with E-state index in [1.807, 2.05) is 0 Å². The van der Waals surface area contributed by atoms with Crippen molar-refractivity contribution in [3.63, 3.8) is 0 Å². The SMILES string of the molecule is O=CN(C1CC1)C(C(=O)O)C1CCOC1. The molecule has 0 aromatic heterocycles. The standard InChI is InChI=1S/C10H15NO4/c12-6-11(8-1-2-8)9(10(13)14)7-3-4-15-5-7/h6-9H,1-5H2,(H,13,14). The molecule has 1 heterocycles. The van der Waals surface area contributed by atoms with Gasteiger partial charge in [0.2, 0.25) is 6.41 Å². The fraction of sp³-hybridized carbons (Fsp3) is 0.800. The van der Waals surface area contributed by atoms with E-state index in [0.717, 1.165) is 19.3 Å². The van der Waals surface area contributed by atoms with Gasteiger partial charge in [-0.25, -0.2) is 4.79 Å². The second-order valence-electron chi connectivity index (χ2n) is 4.19. The first-order valence-corrected chi connectivity index (χ1v) is 5.27. The summed E-state index contributed by atoms with van der Waals surface area (Å²) in [5, 5.41) is 9.16. The maximum Gasteiger partial charge on any atom is 0.326 e. The molecule has 0 spiro atoms. The van der Waals surface area contributed by atoms with Crippen LogP contribution >= 0.6 is 0 Å². The predicted molar refractivity (Wildman–Crippen MR) is 51.3 cm³/mol. The van der Waals surface area contributed by atoms with Gasteiger partial charge in [-0.3, -0.25) is 4.79 Å². The van der Waals surface area contributed by atoms with E-state index in [4.69, 9.17) is 9.84 Å². The first kappa shape index (κ1) is 10.4. The largest absolute Gasteiger partial charge is 0.480 e. The van der Waals surface area contributed by atoms with Crippen molar-refractivity contribution in [2.24, 2.45) is 5.92 Å². The number of ether oxygens (including phenoxy) is 1. The van der Waals surface area contributed by atoms with Crippen LogP contribution in [0.3, 0.4) is 0 Å². The van der Waals surface area contributed by atoms with Crippen molar-refractivity contribution in [1.29, 1.82) is 0 Å². The van der Waals surface area contributed by atoms with Crippen molar-refractivity contribution in [2.75, 3.05) is 13.2 Å². The predicted octanol–water partition coefficient (Wildman–Crippen LogP) is 0.0969. The van der Waals surface area contributed by atoms with Crippen molar-refractivity contribution >= 4 is 12.4 Å². The van der Waals surface area contributed by atoms with E-state index in [2.05, 4.69) is 0 Å². The highest BCUT2D eigenvalue weighted by atomic mass is 16.5. The number of amides is 1. The van der Waals surface area contributed by atoms with E-state index in [1.54, 1.807) is 0 Å². The number of rotatable bonds is 5. The number of carbonyl (C=O) groups excluding carboxylic acids is 1. The fourth-order valence-electron chi connectivity index (χ4n) is 2.13. The van der Waals surface area contributed by atoms with Crippen molar-refractivity contribution in [2.45, 2.75) is 31.3 Å². The molecular formula is C10H15NO4. The van der Waals surface area contributed by atoms with Crippen LogP contribution in [0.15, 0.2) is 0 Å². The molecule has 2 rings (SSSR count). The lowest BCUT2D eigenvalue weighted by Gasteiger charge is -2.28. The molecule has 1 amide bonds. The number of nitrogens with zero attached hydrogens (tertiary/aromatic N) is 1. The second kappa shape index (κ2) is 4.18. The maximum atomic E-state index is 11.2. The molecule has 5 nitrogen and oxygen atoms in total. The highest BCUT2D eigenvalue weighted by molar-refractivity contribution is 5.77. The zero-order valence-corrected chi connectivity index (χ0v) is 8.46. The number of carboxylic acids is 1. The molecule has 0 aromatic rings. The molecule has 0 bridgehead atoms. The van der Waals surface area contributed by atoms with Crippen LogP contribution in [-0.2, 0) is 14.3 Å². The van der Waals surface area contributed by atoms with E-state index < -0.39 is 12.0 Å². The number of aliphatic carboxylic acids is 1. The Morgan fingerprint density at radius 1 is 1.47 bits per heavy atom. The summed E-state index contributed by atoms with van der Waals surface area (Å²) in [6.45, 7) is 1.06. The van der Waals surface area contributed by atoms with Gasteiger partial charge in [0.15, 0.2) is 0 Å². The van der Waals surface area contributed by atoms with Crippen LogP contribution in [0, 0.1) is 5.92 Å². The topological polar surface area (TPSA) is 66.8 Å². The van der Waals surface area contributed by atoms with Gasteiger partial charge in [0.1, 0.15) is 6.04 Å². The lowest BCUT2D eigenvalue weighted by molar-refractivity contribution is -0.149. The van der Waals surface area contributed by atoms with Gasteiger partial charge in [-0.1, -0.05) is 0 Å². The Morgan fingerprint density at radius 2 is 2.20 bits per heavy atom. The number of hydrogen-bond donors (Lipinski definition) is 1. The zero-order chi connectivity index (χ0) is 10.8. The molecule has 0 radical (unpaired) electrons. The van der Waals surface area contributed by atoms with Gasteiger partial charge in [0.25, 0.3) is 0 Å². The molecule has 2 fully saturated rings. The van der Waals surface area contributed by atoms with Crippen LogP contribution in [0.2, 0.25) is 0 Å². The van der Waals surface area contributed by atoms with E-state index in [0.29, 0.717) is 19.6 Å². The Morgan fingerprint density at radius 3 is 2.60 bits per heavy atom. The quantitative estimate of drug-likeness (QED) is 0.657. The molecule has 5 heteroatoms. The molecule has 2 atom stereocenters. The summed E-state index contributed by atoms with van der Waals surface area (Å²) in [6.07, 6.45) is 3.26. The third-order valence-corrected chi connectivity index (χ3v) is 3.08. The van der Waals surface area contributed by atoms with E-state index in [9.17, 15) is 9.59 Å². The Bertz CT molecular complexity index is 258. The summed E-state index contributed by atoms with van der Waals surface area (Å²) in [6, 6.07) is -0.554. The monoisotopic (exact) mass is 213 g/mol. The van der Waals surface area contributed by atoms with E-state index in [-0.39, 0.29) is 12.0 Å². The van der Waals surface area contributed by atoms with Gasteiger partial charge in [0, 0.05) is 18.6 Å². The van der Waals surface area contributed by atoms with Crippen molar-refractivity contribution in [3.05, 3.63) is 0 Å². The maximum absolute atomic E-state index is 11.2. The van der Waals surface area contributed by atoms with Crippen LogP contribution in [0.5, 0.6) is 0 Å². The van der Waals surface area contributed by atoms with Gasteiger partial charge < -0.3 is 14.7 Å². The summed E-state index contributed by atoms with van der Waals surface area (Å²) < 4.78 is 5.18. The van der Waals surface area contributed by atoms with Gasteiger partial charge >= 0.3 is 5.97 Å². The Balaban J connectivity index is 2.09. The van der Waals surface area contributed by atoms with Crippen molar-refractivity contribution in [1.82, 2.24) is 4.90 Å². The average molecular weight is 213 g/mol. The molecule has 1 saturated heterocycles. The van der Waals surface area contributed by atoms with E-state index in [1.165, 1.54) is 4.90 Å². The van der Waals surface area contributed by atoms with Gasteiger partial charge in [-0.2, -0.15) is 0 Å². The van der Waals surface area contributed by atoms with Crippen LogP contribution in [0.1, 0.15) is 19.3 Å². The third kappa shape index (κ3) is 2.12. The first-order chi connectivity index (χ1) is 7.24. The summed E-state index contributed by atoms with van der Waals surface area (Å²) in [7, 11) is 0. The Hall–Kier alpha value is -1.10. The Kier molecular flexibility index (Phi) is 2.90. The molecule has 2 aliphatic rings. The second-order valence-corrected chi connectivity index (χ2v) is 4.19. The van der Waals surface area contributed by atoms with Crippen LogP contribution in [0.25, 0.3) is 0 Å². The highest BCUT2D eigenvalue weighted by Gasteiger charge is 2.41. The molecule has 84 valence electrons. The lowest BCUT2D eigenvalue weighted by atomic mass is 9.98. The molecule has 1 N–H and O–H groups in total. The van der Waals surface area contributed by atoms with Crippen LogP contribution in [-0.4, -0.2) is 47.7 Å². The minimum Gasteiger partial charge on any atom is -0.480 e. The number of carboxylic acid groups (broad SMARTS) is 1. The van der Waals surface area contributed by atoms with Gasteiger partial charge in [0.05, 0.1) is 6.61 Å². The smallest absolute Gasteiger partial charge is 0.326 e. The number of carbonyl (C=O) groups is 2. The lowest BCUT2D eigenvalue weighted by Crippen LogP contribution is -2.47. The minimum absolute atomic E-state index is 0.0479. The zero-order valence-electron chi connectivity index (χ0n) is 8.46. The normalized spacial score (nSPS) is 27.3. The minimum atomic E-state index is -0.912. The molecule has 1 aliphatic heterocycles. The highest BCUT2D eigenvalue weighted by Crippen LogP contribution is 2.31. The van der Waals surface area contributed by atoms with Crippen LogP contribution < -0.4 is 0 Å². The summed E-state index contributed by atoms with van der Waals surface area (Å²) >= 11 is 0. The molecular weight excluding hydrogens is 198 g/mol. The van der Waals surface area contributed by atoms with E-state index >= 15 is 0 Å². The molecule has 1 saturated carbocycles. The van der Waals surface area contributed by atoms with Gasteiger partial charge in [-0.05, 0) is 19.3 Å². The molecule has 15 heavy (non-hydrogen) atoms. The van der Waals surface area contributed by atoms with Crippen molar-refractivity contribution < 1.29 is 19.4 Å². The first-order valence-electron chi connectivity index (χ1n) is 5.27. The molecule has 0 aromatic carbocycles. The fourth-order valence-corrected chi connectivity index (χ4v) is 2.13. The summed E-state index contributed by atoms with van der Waals surface area (Å²) in [5.74, 6) is -0.960. The average Bonchev–Trinajstić information content (AvgIpc) is 2.90. The van der Waals surface area contributed by atoms with Crippen LogP contribution in [0.4, 0.5) is 0 Å². The van der Waals surface area contributed by atoms with Crippen molar-refractivity contribution in [3.8, 4) is 0 Å². The van der Waals surface area contributed by atoms with Gasteiger partial charge in [-0.15, -0.1) is 0 Å². The summed E-state index contributed by atoms with van der Waals surface area (Å²) in [5.41, 5.74) is 0. The molecule has 1 aliphatic carbocycles. The summed E-state index contributed by atoms with van der Waals surface area (Å²) in [4.78, 5) is 23.5.